The number of aliphatic imine (C=N–C) groups is 1. The molecule has 0 bridgehead atoms. The highest BCUT2D eigenvalue weighted by atomic mass is 35.5. The van der Waals surface area contributed by atoms with Gasteiger partial charge in [-0.15, -0.1) is 0 Å². The maximum Gasteiger partial charge on any atom is 0.335 e. The van der Waals surface area contributed by atoms with Crippen molar-refractivity contribution >= 4 is 69.5 Å². The van der Waals surface area contributed by atoms with Crippen molar-refractivity contribution in [2.75, 3.05) is 4.90 Å². The van der Waals surface area contributed by atoms with Crippen molar-refractivity contribution in [2.24, 2.45) is 4.99 Å². The van der Waals surface area contributed by atoms with E-state index in [4.69, 9.17) is 38.0 Å². The van der Waals surface area contributed by atoms with Crippen molar-refractivity contribution in [1.82, 2.24) is 0 Å². The zero-order valence-corrected chi connectivity index (χ0v) is 24.4. The molecule has 5 rings (SSSR count). The van der Waals surface area contributed by atoms with Gasteiger partial charge in [-0.25, -0.2) is 9.79 Å². The third kappa shape index (κ3) is 6.49. The Morgan fingerprint density at radius 1 is 0.951 bits per heavy atom. The molecular formula is C32H24Cl2N2O4S. The number of hydrogen-bond donors (Lipinski definition) is 1. The second kappa shape index (κ2) is 12.2. The van der Waals surface area contributed by atoms with Crippen LogP contribution < -0.4 is 9.64 Å². The number of carboxylic acid groups (broad SMARTS) is 1. The highest BCUT2D eigenvalue weighted by Crippen LogP contribution is 2.39. The number of carboxylic acids is 1. The number of anilines is 1. The summed E-state index contributed by atoms with van der Waals surface area (Å²) in [5, 5.41) is 10.7. The molecule has 9 heteroatoms. The van der Waals surface area contributed by atoms with Gasteiger partial charge in [0.15, 0.2) is 5.17 Å². The number of amidine groups is 1. The first kappa shape index (κ1) is 28.5. The molecule has 1 N–H and O–H groups in total. The zero-order chi connectivity index (χ0) is 29.1. The SMILES string of the molecule is Cc1ccc(N=C2S/C(=C/c3ccccc3OCc3ccc(C(=O)O)cc3)C(=O)N2c2ccc(C)c(Cl)c2)cc1Cl. The maximum absolute atomic E-state index is 13.8. The van der Waals surface area contributed by atoms with E-state index in [1.165, 1.54) is 23.9 Å². The number of rotatable bonds is 7. The van der Waals surface area contributed by atoms with Crippen LogP contribution in [0.3, 0.4) is 0 Å². The molecule has 1 saturated heterocycles. The van der Waals surface area contributed by atoms with Crippen molar-refractivity contribution in [3.05, 3.63) is 128 Å². The predicted octanol–water partition coefficient (Wildman–Crippen LogP) is 8.70. The van der Waals surface area contributed by atoms with Gasteiger partial charge in [-0.2, -0.15) is 0 Å². The maximum atomic E-state index is 13.8. The minimum Gasteiger partial charge on any atom is -0.488 e. The highest BCUT2D eigenvalue weighted by molar-refractivity contribution is 8.19. The molecule has 1 aliphatic heterocycles. The number of amides is 1. The van der Waals surface area contributed by atoms with Gasteiger partial charge < -0.3 is 9.84 Å². The average Bonchev–Trinajstić information content (AvgIpc) is 3.26. The first-order chi connectivity index (χ1) is 19.7. The molecule has 41 heavy (non-hydrogen) atoms. The fraction of sp³-hybridized carbons (Fsp3) is 0.0938. The molecule has 0 aliphatic carbocycles. The van der Waals surface area contributed by atoms with Gasteiger partial charge in [0.1, 0.15) is 12.4 Å². The standard InChI is InChI=1S/C32H24Cl2N2O4S/c1-19-7-13-24(16-26(19)33)35-32-36(25-14-8-20(2)27(34)17-25)30(37)29(41-32)15-23-5-3-4-6-28(23)40-18-21-9-11-22(12-10-21)31(38)39/h3-17H,18H2,1-2H3,(H,38,39)/b29-15+,35-32?. The number of hydrogen-bond acceptors (Lipinski definition) is 5. The molecule has 0 spiro atoms. The van der Waals surface area contributed by atoms with Crippen molar-refractivity contribution < 1.29 is 19.4 Å². The molecule has 4 aromatic carbocycles. The molecule has 206 valence electrons. The Hall–Kier alpha value is -4.04. The van der Waals surface area contributed by atoms with Crippen molar-refractivity contribution in [3.8, 4) is 5.75 Å². The first-order valence-electron chi connectivity index (χ1n) is 12.6. The monoisotopic (exact) mass is 602 g/mol. The minimum absolute atomic E-state index is 0.209. The van der Waals surface area contributed by atoms with Crippen LogP contribution >= 0.6 is 35.0 Å². The number of carbonyl (C=O) groups is 2. The van der Waals surface area contributed by atoms with Crippen LogP contribution in [0.1, 0.15) is 32.6 Å². The van der Waals surface area contributed by atoms with Gasteiger partial charge in [0.05, 0.1) is 21.8 Å². The van der Waals surface area contributed by atoms with E-state index in [1.807, 2.05) is 62.4 Å². The summed E-state index contributed by atoms with van der Waals surface area (Å²) >= 11 is 14.0. The summed E-state index contributed by atoms with van der Waals surface area (Å²) < 4.78 is 6.07. The molecule has 0 saturated carbocycles. The van der Waals surface area contributed by atoms with Crippen molar-refractivity contribution in [2.45, 2.75) is 20.5 Å². The van der Waals surface area contributed by atoms with Gasteiger partial charge in [0.2, 0.25) is 0 Å². The predicted molar refractivity (Wildman–Crippen MR) is 167 cm³/mol. The number of para-hydroxylation sites is 1. The lowest BCUT2D eigenvalue weighted by Gasteiger charge is -2.16. The Bertz CT molecular complexity index is 1720. The smallest absolute Gasteiger partial charge is 0.335 e. The van der Waals surface area contributed by atoms with E-state index >= 15 is 0 Å². The Morgan fingerprint density at radius 2 is 1.63 bits per heavy atom. The van der Waals surface area contributed by atoms with E-state index in [0.29, 0.717) is 42.8 Å². The van der Waals surface area contributed by atoms with Crippen LogP contribution in [0, 0.1) is 13.8 Å². The molecule has 0 radical (unpaired) electrons. The molecule has 1 fully saturated rings. The molecule has 1 aliphatic rings. The largest absolute Gasteiger partial charge is 0.488 e. The van der Waals surface area contributed by atoms with Crippen molar-refractivity contribution in [3.63, 3.8) is 0 Å². The number of ether oxygens (including phenoxy) is 1. The first-order valence-corrected chi connectivity index (χ1v) is 14.2. The Balaban J connectivity index is 1.48. The Labute approximate surface area is 251 Å². The van der Waals surface area contributed by atoms with Gasteiger partial charge in [-0.3, -0.25) is 9.69 Å². The lowest BCUT2D eigenvalue weighted by molar-refractivity contribution is -0.113. The van der Waals surface area contributed by atoms with Crippen LogP contribution in [0.4, 0.5) is 11.4 Å². The third-order valence-corrected chi connectivity index (χ3v) is 8.18. The summed E-state index contributed by atoms with van der Waals surface area (Å²) in [6, 6.07) is 24.9. The Morgan fingerprint density at radius 3 is 2.32 bits per heavy atom. The third-order valence-electron chi connectivity index (χ3n) is 6.40. The molecule has 1 amide bonds. The van der Waals surface area contributed by atoms with Crippen LogP contribution in [0.2, 0.25) is 10.0 Å². The summed E-state index contributed by atoms with van der Waals surface area (Å²) in [7, 11) is 0. The molecular weight excluding hydrogens is 579 g/mol. The van der Waals surface area contributed by atoms with Crippen LogP contribution in [-0.2, 0) is 11.4 Å². The molecule has 0 unspecified atom stereocenters. The summed E-state index contributed by atoms with van der Waals surface area (Å²) in [4.78, 5) is 31.7. The second-order valence-corrected chi connectivity index (χ2v) is 11.2. The number of aryl methyl sites for hydroxylation is 2. The van der Waals surface area contributed by atoms with Crippen LogP contribution in [0.5, 0.6) is 5.75 Å². The number of carbonyl (C=O) groups excluding carboxylic acids is 1. The fourth-order valence-electron chi connectivity index (χ4n) is 4.04. The normalized spacial score (nSPS) is 15.1. The molecule has 1 heterocycles. The van der Waals surface area contributed by atoms with Crippen LogP contribution in [0.25, 0.3) is 6.08 Å². The van der Waals surface area contributed by atoms with Gasteiger partial charge in [0.25, 0.3) is 5.91 Å². The summed E-state index contributed by atoms with van der Waals surface area (Å²) in [5.41, 5.74) is 4.80. The lowest BCUT2D eigenvalue weighted by Crippen LogP contribution is -2.28. The zero-order valence-electron chi connectivity index (χ0n) is 22.1. The van der Waals surface area contributed by atoms with E-state index in [-0.39, 0.29) is 18.1 Å². The number of nitrogens with zero attached hydrogens (tertiary/aromatic N) is 2. The number of aromatic carboxylic acids is 1. The van der Waals surface area contributed by atoms with Crippen LogP contribution in [0.15, 0.2) is 94.8 Å². The molecule has 6 nitrogen and oxygen atoms in total. The summed E-state index contributed by atoms with van der Waals surface area (Å²) in [6.07, 6.45) is 1.78. The lowest BCUT2D eigenvalue weighted by atomic mass is 10.1. The Kier molecular flexibility index (Phi) is 8.49. The molecule has 0 aromatic heterocycles. The van der Waals surface area contributed by atoms with Crippen LogP contribution in [-0.4, -0.2) is 22.2 Å². The molecule has 0 atom stereocenters. The number of thioether (sulfide) groups is 1. The van der Waals surface area contributed by atoms with Crippen molar-refractivity contribution in [1.29, 1.82) is 0 Å². The fourth-order valence-corrected chi connectivity index (χ4v) is 5.38. The summed E-state index contributed by atoms with van der Waals surface area (Å²) in [5.74, 6) is -0.647. The topological polar surface area (TPSA) is 79.2 Å². The van der Waals surface area contributed by atoms with E-state index in [0.717, 1.165) is 16.7 Å². The van der Waals surface area contributed by atoms with E-state index < -0.39 is 5.97 Å². The second-order valence-electron chi connectivity index (χ2n) is 9.34. The van der Waals surface area contributed by atoms with Gasteiger partial charge in [-0.05, 0) is 90.8 Å². The van der Waals surface area contributed by atoms with Gasteiger partial charge in [-0.1, -0.05) is 65.7 Å². The van der Waals surface area contributed by atoms with Gasteiger partial charge in [0, 0.05) is 15.6 Å². The average molecular weight is 604 g/mol. The highest BCUT2D eigenvalue weighted by Gasteiger charge is 2.35. The number of benzene rings is 4. The van der Waals surface area contributed by atoms with Gasteiger partial charge >= 0.3 is 5.97 Å². The molecule has 4 aromatic rings. The number of halogens is 2. The quantitative estimate of drug-likeness (QED) is 0.214. The minimum atomic E-state index is -0.983. The summed E-state index contributed by atoms with van der Waals surface area (Å²) in [6.45, 7) is 4.05. The van der Waals surface area contributed by atoms with E-state index in [1.54, 1.807) is 35.2 Å². The van der Waals surface area contributed by atoms with E-state index in [9.17, 15) is 9.59 Å². The van der Waals surface area contributed by atoms with E-state index in [2.05, 4.69) is 0 Å².